The minimum atomic E-state index is -0.295. The Morgan fingerprint density at radius 2 is 2.33 bits per heavy atom. The van der Waals surface area contributed by atoms with E-state index in [1.54, 1.807) is 12.1 Å². The van der Waals surface area contributed by atoms with Crippen molar-refractivity contribution in [1.82, 2.24) is 4.90 Å². The van der Waals surface area contributed by atoms with E-state index >= 15 is 0 Å². The monoisotopic (exact) mass is 309 g/mol. The van der Waals surface area contributed by atoms with Gasteiger partial charge in [-0.2, -0.15) is 11.8 Å². The summed E-state index contributed by atoms with van der Waals surface area (Å²) in [5.41, 5.74) is 1.89. The molecule has 21 heavy (non-hydrogen) atoms. The summed E-state index contributed by atoms with van der Waals surface area (Å²) in [4.78, 5) is 13.4. The van der Waals surface area contributed by atoms with Crippen LogP contribution in [0.1, 0.15) is 25.8 Å². The lowest BCUT2D eigenvalue weighted by Gasteiger charge is -2.33. The highest BCUT2D eigenvalue weighted by atomic mass is 32.2. The van der Waals surface area contributed by atoms with Crippen molar-refractivity contribution >= 4 is 23.1 Å². The Morgan fingerprint density at radius 1 is 1.52 bits per heavy atom. The van der Waals surface area contributed by atoms with E-state index in [1.807, 2.05) is 17.8 Å². The molecule has 0 radical (unpaired) electrons. The molecule has 0 spiro atoms. The number of nitro benzene ring substituents is 1. The Bertz CT molecular complexity index is 496. The number of nitro groups is 1. The SMILES string of the molecule is CCCNc1c(CN2CCSCC2C)cccc1[N+](=O)[O-]. The van der Waals surface area contributed by atoms with Gasteiger partial charge in [-0.3, -0.25) is 15.0 Å². The van der Waals surface area contributed by atoms with Crippen LogP contribution in [-0.2, 0) is 6.54 Å². The van der Waals surface area contributed by atoms with Crippen LogP contribution in [0.4, 0.5) is 11.4 Å². The predicted octanol–water partition coefficient (Wildman–Crippen LogP) is 3.35. The molecule has 6 heteroatoms. The summed E-state index contributed by atoms with van der Waals surface area (Å²) in [5.74, 6) is 2.27. The Kier molecular flexibility index (Phi) is 5.87. The van der Waals surface area contributed by atoms with Crippen LogP contribution in [-0.4, -0.2) is 40.5 Å². The van der Waals surface area contributed by atoms with E-state index in [0.717, 1.165) is 43.1 Å². The van der Waals surface area contributed by atoms with Crippen LogP contribution in [0, 0.1) is 10.1 Å². The third-order valence-corrected chi connectivity index (χ3v) is 4.95. The molecule has 1 heterocycles. The average molecular weight is 309 g/mol. The van der Waals surface area contributed by atoms with Gasteiger partial charge in [0.2, 0.25) is 0 Å². The van der Waals surface area contributed by atoms with E-state index in [2.05, 4.69) is 24.1 Å². The first-order valence-electron chi connectivity index (χ1n) is 7.45. The maximum Gasteiger partial charge on any atom is 0.292 e. The third kappa shape index (κ3) is 4.11. The first-order chi connectivity index (χ1) is 10.1. The van der Waals surface area contributed by atoms with Crippen molar-refractivity contribution in [2.24, 2.45) is 0 Å². The second-order valence-electron chi connectivity index (χ2n) is 5.39. The normalized spacial score (nSPS) is 19.4. The maximum absolute atomic E-state index is 11.2. The quantitative estimate of drug-likeness (QED) is 0.645. The number of anilines is 1. The number of rotatable bonds is 6. The summed E-state index contributed by atoms with van der Waals surface area (Å²) in [5, 5.41) is 14.5. The number of hydrogen-bond acceptors (Lipinski definition) is 5. The molecule has 1 unspecified atom stereocenters. The molecule has 116 valence electrons. The van der Waals surface area contributed by atoms with Crippen molar-refractivity contribution in [2.45, 2.75) is 32.9 Å². The molecule has 1 fully saturated rings. The lowest BCUT2D eigenvalue weighted by Crippen LogP contribution is -2.39. The van der Waals surface area contributed by atoms with Gasteiger partial charge in [0.15, 0.2) is 0 Å². The van der Waals surface area contributed by atoms with Gasteiger partial charge in [-0.05, 0) is 18.9 Å². The summed E-state index contributed by atoms with van der Waals surface area (Å²) in [6, 6.07) is 5.88. The number of thioether (sulfide) groups is 1. The van der Waals surface area contributed by atoms with Gasteiger partial charge in [-0.25, -0.2) is 0 Å². The predicted molar refractivity (Wildman–Crippen MR) is 89.1 cm³/mol. The zero-order chi connectivity index (χ0) is 15.2. The van der Waals surface area contributed by atoms with Gasteiger partial charge in [0, 0.05) is 43.2 Å². The van der Waals surface area contributed by atoms with E-state index < -0.39 is 0 Å². The molecule has 0 amide bonds. The van der Waals surface area contributed by atoms with Crippen LogP contribution in [0.5, 0.6) is 0 Å². The summed E-state index contributed by atoms with van der Waals surface area (Å²) >= 11 is 1.98. The van der Waals surface area contributed by atoms with Crippen LogP contribution in [0.25, 0.3) is 0 Å². The van der Waals surface area contributed by atoms with Gasteiger partial charge in [0.05, 0.1) is 4.92 Å². The van der Waals surface area contributed by atoms with Gasteiger partial charge in [0.1, 0.15) is 5.69 Å². The van der Waals surface area contributed by atoms with E-state index in [-0.39, 0.29) is 10.6 Å². The Balaban J connectivity index is 2.24. The standard InChI is InChI=1S/C15H23N3O2S/c1-3-7-16-15-13(5-4-6-14(15)18(19)20)10-17-8-9-21-11-12(17)2/h4-6,12,16H,3,7-11H2,1-2H3. The van der Waals surface area contributed by atoms with Gasteiger partial charge in [-0.1, -0.05) is 19.1 Å². The van der Waals surface area contributed by atoms with Crippen molar-refractivity contribution in [3.05, 3.63) is 33.9 Å². The van der Waals surface area contributed by atoms with E-state index in [1.165, 1.54) is 0 Å². The topological polar surface area (TPSA) is 58.4 Å². The molecular formula is C15H23N3O2S. The number of benzene rings is 1. The molecular weight excluding hydrogens is 286 g/mol. The zero-order valence-electron chi connectivity index (χ0n) is 12.7. The van der Waals surface area contributed by atoms with Gasteiger partial charge < -0.3 is 5.32 Å². The van der Waals surface area contributed by atoms with Crippen LogP contribution >= 0.6 is 11.8 Å². The molecule has 0 aliphatic carbocycles. The second-order valence-corrected chi connectivity index (χ2v) is 6.54. The van der Waals surface area contributed by atoms with E-state index in [0.29, 0.717) is 11.7 Å². The fraction of sp³-hybridized carbons (Fsp3) is 0.600. The molecule has 2 rings (SSSR count). The molecule has 1 aromatic rings. The van der Waals surface area contributed by atoms with E-state index in [4.69, 9.17) is 0 Å². The number of para-hydroxylation sites is 1. The lowest BCUT2D eigenvalue weighted by atomic mass is 10.1. The minimum Gasteiger partial charge on any atom is -0.379 e. The largest absolute Gasteiger partial charge is 0.379 e. The van der Waals surface area contributed by atoms with Crippen molar-refractivity contribution in [3.63, 3.8) is 0 Å². The van der Waals surface area contributed by atoms with Crippen molar-refractivity contribution < 1.29 is 4.92 Å². The molecule has 0 aromatic heterocycles. The molecule has 1 aliphatic rings. The smallest absolute Gasteiger partial charge is 0.292 e. The molecule has 5 nitrogen and oxygen atoms in total. The van der Waals surface area contributed by atoms with Gasteiger partial charge in [0.25, 0.3) is 5.69 Å². The van der Waals surface area contributed by atoms with Crippen LogP contribution in [0.3, 0.4) is 0 Å². The lowest BCUT2D eigenvalue weighted by molar-refractivity contribution is -0.384. The van der Waals surface area contributed by atoms with Crippen molar-refractivity contribution in [2.75, 3.05) is 29.9 Å². The summed E-state index contributed by atoms with van der Waals surface area (Å²) < 4.78 is 0. The van der Waals surface area contributed by atoms with Crippen molar-refractivity contribution in [1.29, 1.82) is 0 Å². The highest BCUT2D eigenvalue weighted by Gasteiger charge is 2.22. The molecule has 1 atom stereocenters. The minimum absolute atomic E-state index is 0.181. The molecule has 1 saturated heterocycles. The molecule has 1 N–H and O–H groups in total. The molecule has 0 saturated carbocycles. The highest BCUT2D eigenvalue weighted by molar-refractivity contribution is 7.99. The van der Waals surface area contributed by atoms with Crippen molar-refractivity contribution in [3.8, 4) is 0 Å². The average Bonchev–Trinajstić information content (AvgIpc) is 2.48. The zero-order valence-corrected chi connectivity index (χ0v) is 13.5. The number of nitrogens with zero attached hydrogens (tertiary/aromatic N) is 2. The number of hydrogen-bond donors (Lipinski definition) is 1. The fourth-order valence-electron chi connectivity index (χ4n) is 2.54. The van der Waals surface area contributed by atoms with Crippen LogP contribution < -0.4 is 5.32 Å². The molecule has 1 aliphatic heterocycles. The fourth-order valence-corrected chi connectivity index (χ4v) is 3.62. The maximum atomic E-state index is 11.2. The molecule has 0 bridgehead atoms. The Morgan fingerprint density at radius 3 is 3.00 bits per heavy atom. The van der Waals surface area contributed by atoms with E-state index in [9.17, 15) is 10.1 Å². The van der Waals surface area contributed by atoms with Crippen LogP contribution in [0.2, 0.25) is 0 Å². The number of nitrogens with one attached hydrogen (secondary N) is 1. The van der Waals surface area contributed by atoms with Gasteiger partial charge in [-0.15, -0.1) is 0 Å². The Hall–Kier alpha value is -1.27. The first kappa shape index (κ1) is 16.1. The first-order valence-corrected chi connectivity index (χ1v) is 8.61. The third-order valence-electron chi connectivity index (χ3n) is 3.76. The second kappa shape index (κ2) is 7.66. The van der Waals surface area contributed by atoms with Crippen LogP contribution in [0.15, 0.2) is 18.2 Å². The summed E-state index contributed by atoms with van der Waals surface area (Å²) in [6.45, 7) is 6.86. The summed E-state index contributed by atoms with van der Waals surface area (Å²) in [7, 11) is 0. The highest BCUT2D eigenvalue weighted by Crippen LogP contribution is 2.30. The molecule has 1 aromatic carbocycles. The van der Waals surface area contributed by atoms with Gasteiger partial charge >= 0.3 is 0 Å². The summed E-state index contributed by atoms with van der Waals surface area (Å²) in [6.07, 6.45) is 0.947. The Labute approximate surface area is 130 Å².